The second-order valence-electron chi connectivity index (χ2n) is 5.34. The summed E-state index contributed by atoms with van der Waals surface area (Å²) >= 11 is 0. The molecule has 0 heterocycles. The number of ether oxygens (including phenoxy) is 1. The van der Waals surface area contributed by atoms with Gasteiger partial charge in [-0.15, -0.1) is 0 Å². The minimum absolute atomic E-state index is 0.183. The number of rotatable bonds is 5. The summed E-state index contributed by atoms with van der Waals surface area (Å²) in [7, 11) is 0. The largest absolute Gasteiger partial charge is 0.444 e. The molecule has 0 aromatic carbocycles. The molecule has 96 valence electrons. The van der Waals surface area contributed by atoms with Crippen molar-refractivity contribution in [1.82, 2.24) is 10.6 Å². The highest BCUT2D eigenvalue weighted by Crippen LogP contribution is 2.19. The van der Waals surface area contributed by atoms with E-state index in [0.717, 1.165) is 12.8 Å². The van der Waals surface area contributed by atoms with E-state index in [2.05, 4.69) is 16.7 Å². The van der Waals surface area contributed by atoms with Gasteiger partial charge in [-0.1, -0.05) is 0 Å². The zero-order valence-corrected chi connectivity index (χ0v) is 10.7. The highest BCUT2D eigenvalue weighted by molar-refractivity contribution is 5.67. The molecule has 1 atom stereocenters. The van der Waals surface area contributed by atoms with Crippen molar-refractivity contribution in [3.05, 3.63) is 0 Å². The molecular formula is C12H21N3O2. The first-order chi connectivity index (χ1) is 7.90. The molecule has 0 radical (unpaired) electrons. The van der Waals surface area contributed by atoms with Crippen molar-refractivity contribution in [2.45, 2.75) is 57.7 Å². The molecule has 1 aliphatic carbocycles. The summed E-state index contributed by atoms with van der Waals surface area (Å²) < 4.78 is 5.09. The number of amides is 1. The van der Waals surface area contributed by atoms with E-state index < -0.39 is 11.7 Å². The molecule has 17 heavy (non-hydrogen) atoms. The molecule has 0 spiro atoms. The lowest BCUT2D eigenvalue weighted by Crippen LogP contribution is -2.37. The van der Waals surface area contributed by atoms with Crippen LogP contribution in [0.2, 0.25) is 0 Å². The van der Waals surface area contributed by atoms with Crippen molar-refractivity contribution < 1.29 is 9.53 Å². The first kappa shape index (κ1) is 13.8. The van der Waals surface area contributed by atoms with E-state index in [4.69, 9.17) is 10.00 Å². The smallest absolute Gasteiger partial charge is 0.407 e. The van der Waals surface area contributed by atoms with Gasteiger partial charge in [-0.05, 0) is 40.0 Å². The van der Waals surface area contributed by atoms with Crippen LogP contribution in [-0.4, -0.2) is 30.3 Å². The third-order valence-electron chi connectivity index (χ3n) is 2.27. The molecule has 1 amide bonds. The first-order valence-corrected chi connectivity index (χ1v) is 6.03. The number of hydrogen-bond acceptors (Lipinski definition) is 4. The van der Waals surface area contributed by atoms with Crippen molar-refractivity contribution >= 4 is 6.09 Å². The summed E-state index contributed by atoms with van der Waals surface area (Å²) in [6.07, 6.45) is 2.47. The Balaban J connectivity index is 2.13. The van der Waals surface area contributed by atoms with Gasteiger partial charge in [0.1, 0.15) is 5.60 Å². The molecule has 1 fully saturated rings. The lowest BCUT2D eigenvalue weighted by Gasteiger charge is -2.20. The summed E-state index contributed by atoms with van der Waals surface area (Å²) in [6, 6.07) is 2.51. The van der Waals surface area contributed by atoms with Crippen molar-refractivity contribution in [2.24, 2.45) is 0 Å². The van der Waals surface area contributed by atoms with Crippen LogP contribution in [0.5, 0.6) is 0 Å². The molecule has 1 unspecified atom stereocenters. The molecular weight excluding hydrogens is 218 g/mol. The normalized spacial score (nSPS) is 17.1. The minimum atomic E-state index is -0.481. The number of nitrogens with zero attached hydrogens (tertiary/aromatic N) is 1. The Bertz CT molecular complexity index is 300. The molecule has 2 N–H and O–H groups in total. The van der Waals surface area contributed by atoms with Gasteiger partial charge in [-0.25, -0.2) is 4.79 Å². The molecule has 1 aliphatic rings. The Labute approximate surface area is 103 Å². The minimum Gasteiger partial charge on any atom is -0.444 e. The van der Waals surface area contributed by atoms with E-state index in [0.29, 0.717) is 19.0 Å². The van der Waals surface area contributed by atoms with Gasteiger partial charge < -0.3 is 10.1 Å². The monoisotopic (exact) mass is 239 g/mol. The highest BCUT2D eigenvalue weighted by atomic mass is 16.6. The van der Waals surface area contributed by atoms with E-state index in [1.165, 1.54) is 0 Å². The van der Waals surface area contributed by atoms with Gasteiger partial charge in [-0.2, -0.15) is 5.26 Å². The number of nitriles is 1. The number of alkyl carbamates (subject to hydrolysis) is 1. The maximum Gasteiger partial charge on any atom is 0.407 e. The molecule has 5 nitrogen and oxygen atoms in total. The summed E-state index contributed by atoms with van der Waals surface area (Å²) in [6.45, 7) is 5.91. The second-order valence-corrected chi connectivity index (χ2v) is 5.34. The van der Waals surface area contributed by atoms with Gasteiger partial charge in [0.15, 0.2) is 0 Å². The lowest BCUT2D eigenvalue weighted by molar-refractivity contribution is 0.0526. The van der Waals surface area contributed by atoms with Crippen molar-refractivity contribution in [3.8, 4) is 6.07 Å². The van der Waals surface area contributed by atoms with E-state index in [1.807, 2.05) is 20.8 Å². The molecule has 1 rings (SSSR count). The molecule has 5 heteroatoms. The SMILES string of the molecule is CC(C)(C)OC(=O)NCCC(C#N)NC1CC1. The van der Waals surface area contributed by atoms with Crippen LogP contribution in [0.15, 0.2) is 0 Å². The Morgan fingerprint density at radius 2 is 2.18 bits per heavy atom. The van der Waals surface area contributed by atoms with Crippen LogP contribution >= 0.6 is 0 Å². The average Bonchev–Trinajstić information content (AvgIpc) is 2.97. The fourth-order valence-electron chi connectivity index (χ4n) is 1.35. The molecule has 0 aromatic rings. The van der Waals surface area contributed by atoms with Crippen LogP contribution < -0.4 is 10.6 Å². The summed E-state index contributed by atoms with van der Waals surface area (Å²) in [5.41, 5.74) is -0.481. The van der Waals surface area contributed by atoms with Crippen molar-refractivity contribution in [1.29, 1.82) is 5.26 Å². The van der Waals surface area contributed by atoms with Crippen molar-refractivity contribution in [2.75, 3.05) is 6.54 Å². The third-order valence-corrected chi connectivity index (χ3v) is 2.27. The van der Waals surface area contributed by atoms with Crippen LogP contribution in [0, 0.1) is 11.3 Å². The highest BCUT2D eigenvalue weighted by Gasteiger charge is 2.24. The van der Waals surface area contributed by atoms with Gasteiger partial charge in [0, 0.05) is 12.6 Å². The van der Waals surface area contributed by atoms with Crippen LogP contribution in [0.3, 0.4) is 0 Å². The van der Waals surface area contributed by atoms with E-state index in [1.54, 1.807) is 0 Å². The Hall–Kier alpha value is -1.28. The zero-order chi connectivity index (χ0) is 12.9. The Morgan fingerprint density at radius 3 is 2.65 bits per heavy atom. The fourth-order valence-corrected chi connectivity index (χ4v) is 1.35. The molecule has 1 saturated carbocycles. The predicted molar refractivity (Wildman–Crippen MR) is 64.4 cm³/mol. The van der Waals surface area contributed by atoms with Crippen LogP contribution in [0.4, 0.5) is 4.79 Å². The third kappa shape index (κ3) is 6.80. The number of carbonyl (C=O) groups excluding carboxylic acids is 1. The van der Waals surface area contributed by atoms with Gasteiger partial charge >= 0.3 is 6.09 Å². The van der Waals surface area contributed by atoms with Gasteiger partial charge in [0.25, 0.3) is 0 Å². The van der Waals surface area contributed by atoms with E-state index >= 15 is 0 Å². The molecule has 0 aliphatic heterocycles. The predicted octanol–water partition coefficient (Wildman–Crippen LogP) is 1.55. The maximum absolute atomic E-state index is 11.3. The molecule has 0 aromatic heterocycles. The van der Waals surface area contributed by atoms with Crippen molar-refractivity contribution in [3.63, 3.8) is 0 Å². The molecule has 0 bridgehead atoms. The Kier molecular flexibility index (Phi) is 4.76. The second kappa shape index (κ2) is 5.87. The maximum atomic E-state index is 11.3. The van der Waals surface area contributed by atoms with Gasteiger partial charge in [0.2, 0.25) is 0 Å². The topological polar surface area (TPSA) is 74.1 Å². The van der Waals surface area contributed by atoms with Crippen LogP contribution in [0.1, 0.15) is 40.0 Å². The zero-order valence-electron chi connectivity index (χ0n) is 10.7. The standard InChI is InChI=1S/C12H21N3O2/c1-12(2,3)17-11(16)14-7-6-10(8-13)15-9-4-5-9/h9-10,15H,4-7H2,1-3H3,(H,14,16). The summed E-state index contributed by atoms with van der Waals surface area (Å²) in [5.74, 6) is 0. The summed E-state index contributed by atoms with van der Waals surface area (Å²) in [4.78, 5) is 11.3. The number of hydrogen-bond donors (Lipinski definition) is 2. The number of carbonyl (C=O) groups is 1. The first-order valence-electron chi connectivity index (χ1n) is 6.03. The molecule has 0 saturated heterocycles. The quantitative estimate of drug-likeness (QED) is 0.763. The van der Waals surface area contributed by atoms with Gasteiger partial charge in [-0.3, -0.25) is 5.32 Å². The van der Waals surface area contributed by atoms with E-state index in [9.17, 15) is 4.79 Å². The van der Waals surface area contributed by atoms with E-state index in [-0.39, 0.29) is 6.04 Å². The average molecular weight is 239 g/mol. The lowest BCUT2D eigenvalue weighted by atomic mass is 10.2. The fraction of sp³-hybridized carbons (Fsp3) is 0.833. The Morgan fingerprint density at radius 1 is 1.53 bits per heavy atom. The number of nitrogens with one attached hydrogen (secondary N) is 2. The van der Waals surface area contributed by atoms with Crippen LogP contribution in [-0.2, 0) is 4.74 Å². The van der Waals surface area contributed by atoms with Crippen LogP contribution in [0.25, 0.3) is 0 Å². The summed E-state index contributed by atoms with van der Waals surface area (Å²) in [5, 5.41) is 14.8. The van der Waals surface area contributed by atoms with Gasteiger partial charge in [0.05, 0.1) is 12.1 Å².